The maximum absolute atomic E-state index is 14.0. The molecular weight excluding hydrogens is 357 g/mol. The molecule has 0 spiro atoms. The first-order valence-electron chi connectivity index (χ1n) is 8.39. The van der Waals surface area contributed by atoms with Gasteiger partial charge in [-0.2, -0.15) is 0 Å². The highest BCUT2D eigenvalue weighted by molar-refractivity contribution is 7.91. The molecule has 0 bridgehead atoms. The molecule has 0 saturated carbocycles. The number of carbonyl (C=O) groups is 1. The lowest BCUT2D eigenvalue weighted by molar-refractivity contribution is -0.133. The van der Waals surface area contributed by atoms with Crippen LogP contribution in [0.2, 0.25) is 0 Å². The first-order valence-corrected chi connectivity index (χ1v) is 10.1. The van der Waals surface area contributed by atoms with E-state index in [4.69, 9.17) is 4.74 Å². The third-order valence-corrected chi connectivity index (χ3v) is 6.56. The quantitative estimate of drug-likeness (QED) is 0.822. The Labute approximate surface area is 152 Å². The van der Waals surface area contributed by atoms with Gasteiger partial charge in [-0.05, 0) is 24.6 Å². The van der Waals surface area contributed by atoms with E-state index in [2.05, 4.69) is 0 Å². The average Bonchev–Trinajstić information content (AvgIpc) is 2.79. The summed E-state index contributed by atoms with van der Waals surface area (Å²) in [5.41, 5.74) is 0.169. The molecule has 7 heteroatoms. The van der Waals surface area contributed by atoms with Crippen molar-refractivity contribution in [3.05, 3.63) is 66.0 Å². The number of ether oxygens (including phenoxy) is 1. The van der Waals surface area contributed by atoms with Gasteiger partial charge in [0.1, 0.15) is 11.6 Å². The Hall–Kier alpha value is -2.41. The summed E-state index contributed by atoms with van der Waals surface area (Å²) in [4.78, 5) is 13.9. The van der Waals surface area contributed by atoms with Gasteiger partial charge in [0.05, 0.1) is 11.0 Å². The van der Waals surface area contributed by atoms with Gasteiger partial charge < -0.3 is 9.64 Å². The Kier molecular flexibility index (Phi) is 5.56. The minimum Gasteiger partial charge on any atom is -0.484 e. The van der Waals surface area contributed by atoms with E-state index >= 15 is 0 Å². The number of hydrogen-bond acceptors (Lipinski definition) is 4. The van der Waals surface area contributed by atoms with Crippen molar-refractivity contribution in [2.75, 3.05) is 25.4 Å². The van der Waals surface area contributed by atoms with Crippen molar-refractivity contribution in [3.8, 4) is 5.75 Å². The Balaban J connectivity index is 1.68. The lowest BCUT2D eigenvalue weighted by Crippen LogP contribution is -2.37. The lowest BCUT2D eigenvalue weighted by Gasteiger charge is -2.20. The first kappa shape index (κ1) is 18.4. The third kappa shape index (κ3) is 4.22. The summed E-state index contributed by atoms with van der Waals surface area (Å²) >= 11 is 0. The molecular formula is C19H20FNO4S. The zero-order valence-corrected chi connectivity index (χ0v) is 15.0. The summed E-state index contributed by atoms with van der Waals surface area (Å²) < 4.78 is 44.6. The molecule has 0 radical (unpaired) electrons. The number of nitrogens with zero attached hydrogens (tertiary/aromatic N) is 1. The van der Waals surface area contributed by atoms with Gasteiger partial charge in [-0.15, -0.1) is 0 Å². The van der Waals surface area contributed by atoms with Crippen LogP contribution in [0, 0.1) is 5.82 Å². The molecule has 5 nitrogen and oxygen atoms in total. The van der Waals surface area contributed by atoms with Crippen molar-refractivity contribution >= 4 is 15.7 Å². The zero-order chi connectivity index (χ0) is 18.6. The number of para-hydroxylation sites is 1. The molecule has 1 atom stereocenters. The second-order valence-electron chi connectivity index (χ2n) is 6.15. The Bertz CT molecular complexity index is 870. The van der Waals surface area contributed by atoms with Gasteiger partial charge in [0.2, 0.25) is 0 Å². The largest absolute Gasteiger partial charge is 0.484 e. The summed E-state index contributed by atoms with van der Waals surface area (Å²) in [6, 6.07) is 14.8. The van der Waals surface area contributed by atoms with Crippen molar-refractivity contribution in [2.45, 2.75) is 11.7 Å². The zero-order valence-electron chi connectivity index (χ0n) is 14.2. The maximum atomic E-state index is 14.0. The van der Waals surface area contributed by atoms with E-state index in [1.165, 1.54) is 23.1 Å². The first-order chi connectivity index (χ1) is 12.5. The number of hydrogen-bond donors (Lipinski definition) is 0. The number of halogens is 1. The second-order valence-corrected chi connectivity index (χ2v) is 8.45. The minimum atomic E-state index is -3.54. The molecule has 0 N–H and O–H groups in total. The Morgan fingerprint density at radius 2 is 1.77 bits per heavy atom. The van der Waals surface area contributed by atoms with Crippen LogP contribution < -0.4 is 4.74 Å². The average molecular weight is 377 g/mol. The van der Waals surface area contributed by atoms with Crippen LogP contribution in [0.5, 0.6) is 5.75 Å². The van der Waals surface area contributed by atoms with Crippen LogP contribution in [0.4, 0.5) is 4.39 Å². The predicted octanol–water partition coefficient (Wildman–Crippen LogP) is 2.59. The number of rotatable bonds is 4. The summed E-state index contributed by atoms with van der Waals surface area (Å²) in [6.45, 7) is 0.175. The Morgan fingerprint density at radius 3 is 2.50 bits per heavy atom. The van der Waals surface area contributed by atoms with Crippen molar-refractivity contribution in [1.29, 1.82) is 0 Å². The fourth-order valence-corrected chi connectivity index (χ4v) is 4.83. The van der Waals surface area contributed by atoms with E-state index in [1.807, 2.05) is 6.07 Å². The minimum absolute atomic E-state index is 0.0876. The van der Waals surface area contributed by atoms with Crippen LogP contribution in [0.25, 0.3) is 0 Å². The summed E-state index contributed by atoms with van der Waals surface area (Å²) in [6.07, 6.45) is 0.167. The fraction of sp³-hybridized carbons (Fsp3) is 0.316. The van der Waals surface area contributed by atoms with Gasteiger partial charge in [0.15, 0.2) is 16.4 Å². The van der Waals surface area contributed by atoms with Crippen LogP contribution in [-0.4, -0.2) is 44.7 Å². The molecule has 0 aliphatic carbocycles. The van der Waals surface area contributed by atoms with E-state index in [-0.39, 0.29) is 43.3 Å². The Morgan fingerprint density at radius 1 is 1.08 bits per heavy atom. The molecule has 2 aromatic rings. The maximum Gasteiger partial charge on any atom is 0.260 e. The number of carbonyl (C=O) groups excluding carboxylic acids is 1. The highest BCUT2D eigenvalue weighted by Crippen LogP contribution is 2.31. The van der Waals surface area contributed by atoms with Crippen molar-refractivity contribution in [2.24, 2.45) is 0 Å². The van der Waals surface area contributed by atoms with Crippen LogP contribution >= 0.6 is 0 Å². The molecule has 1 fully saturated rings. The predicted molar refractivity (Wildman–Crippen MR) is 96.1 cm³/mol. The molecule has 1 heterocycles. The highest BCUT2D eigenvalue weighted by Gasteiger charge is 2.34. The second kappa shape index (κ2) is 7.86. The topological polar surface area (TPSA) is 63.7 Å². The van der Waals surface area contributed by atoms with Crippen LogP contribution in [0.1, 0.15) is 17.2 Å². The van der Waals surface area contributed by atoms with Crippen molar-refractivity contribution in [1.82, 2.24) is 4.90 Å². The standard InChI is InChI=1S/C19H20FNO4S/c20-17-9-5-4-8-16(17)18-10-11-21(12-13-26(18,23)24)19(22)14-25-15-6-2-1-3-7-15/h1-9,18H,10-14H2. The molecule has 1 unspecified atom stereocenters. The lowest BCUT2D eigenvalue weighted by atomic mass is 10.1. The molecule has 1 aliphatic heterocycles. The molecule has 0 aromatic heterocycles. The number of amides is 1. The van der Waals surface area contributed by atoms with Gasteiger partial charge in [0.25, 0.3) is 5.91 Å². The van der Waals surface area contributed by atoms with Crippen molar-refractivity contribution < 1.29 is 22.3 Å². The van der Waals surface area contributed by atoms with Crippen LogP contribution in [-0.2, 0) is 14.6 Å². The molecule has 3 rings (SSSR count). The molecule has 26 heavy (non-hydrogen) atoms. The molecule has 1 saturated heterocycles. The fourth-order valence-electron chi connectivity index (χ4n) is 3.03. The monoisotopic (exact) mass is 377 g/mol. The third-order valence-electron chi connectivity index (χ3n) is 4.45. The van der Waals surface area contributed by atoms with E-state index in [1.54, 1.807) is 30.3 Å². The smallest absolute Gasteiger partial charge is 0.260 e. The normalized spacial score (nSPS) is 19.6. The van der Waals surface area contributed by atoms with E-state index < -0.39 is 20.9 Å². The van der Waals surface area contributed by atoms with Gasteiger partial charge in [-0.1, -0.05) is 36.4 Å². The molecule has 1 aliphatic rings. The van der Waals surface area contributed by atoms with Gasteiger partial charge >= 0.3 is 0 Å². The molecule has 1 amide bonds. The number of sulfone groups is 1. The number of benzene rings is 2. The highest BCUT2D eigenvalue weighted by atomic mass is 32.2. The van der Waals surface area contributed by atoms with Crippen LogP contribution in [0.3, 0.4) is 0 Å². The molecule has 138 valence electrons. The summed E-state index contributed by atoms with van der Waals surface area (Å²) in [7, 11) is -3.54. The summed E-state index contributed by atoms with van der Waals surface area (Å²) in [5, 5.41) is -0.934. The molecule has 2 aromatic carbocycles. The van der Waals surface area contributed by atoms with E-state index in [0.717, 1.165) is 0 Å². The van der Waals surface area contributed by atoms with Crippen molar-refractivity contribution in [3.63, 3.8) is 0 Å². The van der Waals surface area contributed by atoms with Gasteiger partial charge in [-0.25, -0.2) is 12.8 Å². The van der Waals surface area contributed by atoms with Gasteiger partial charge in [0, 0.05) is 18.7 Å². The van der Waals surface area contributed by atoms with E-state index in [0.29, 0.717) is 5.75 Å². The summed E-state index contributed by atoms with van der Waals surface area (Å²) in [5.74, 6) is -0.428. The van der Waals surface area contributed by atoms with Crippen LogP contribution in [0.15, 0.2) is 54.6 Å². The SMILES string of the molecule is O=C(COc1ccccc1)N1CCC(c2ccccc2F)S(=O)(=O)CC1. The van der Waals surface area contributed by atoms with Gasteiger partial charge in [-0.3, -0.25) is 4.79 Å². The van der Waals surface area contributed by atoms with E-state index in [9.17, 15) is 17.6 Å².